The molecule has 2 heterocycles. The largest absolute Gasteiger partial charge is 0.355 e. The van der Waals surface area contributed by atoms with Gasteiger partial charge in [-0.15, -0.1) is 0 Å². The van der Waals surface area contributed by atoms with Crippen LogP contribution in [-0.2, 0) is 11.3 Å². The summed E-state index contributed by atoms with van der Waals surface area (Å²) in [6.45, 7) is 9.02. The molecule has 1 aromatic carbocycles. The minimum atomic E-state index is -0.0733. The van der Waals surface area contributed by atoms with E-state index in [4.69, 9.17) is 0 Å². The Hall–Kier alpha value is -3.22. The van der Waals surface area contributed by atoms with Crippen LogP contribution in [0.4, 0.5) is 11.6 Å². The molecule has 0 saturated carbocycles. The van der Waals surface area contributed by atoms with Gasteiger partial charge in [0.1, 0.15) is 6.54 Å². The smallest absolute Gasteiger partial charge is 0.241 e. The predicted molar refractivity (Wildman–Crippen MR) is 110 cm³/mol. The molecule has 0 fully saturated rings. The van der Waals surface area contributed by atoms with Gasteiger partial charge in [0.2, 0.25) is 11.9 Å². The molecule has 3 rings (SSSR count). The van der Waals surface area contributed by atoms with Crippen molar-refractivity contribution in [1.82, 2.24) is 25.1 Å². The fourth-order valence-corrected chi connectivity index (χ4v) is 2.86. The summed E-state index contributed by atoms with van der Waals surface area (Å²) in [7, 11) is 0. The average Bonchev–Trinajstić information content (AvgIpc) is 3.10. The van der Waals surface area contributed by atoms with E-state index in [-0.39, 0.29) is 12.5 Å². The summed E-state index contributed by atoms with van der Waals surface area (Å²) in [4.78, 5) is 20.7. The van der Waals surface area contributed by atoms with E-state index in [1.165, 1.54) is 5.56 Å². The fraction of sp³-hybridized carbons (Fsp3) is 0.333. The Kier molecular flexibility index (Phi) is 6.03. The summed E-state index contributed by atoms with van der Waals surface area (Å²) in [6, 6.07) is 8.47. The quantitative estimate of drug-likeness (QED) is 0.655. The van der Waals surface area contributed by atoms with Gasteiger partial charge in [-0.1, -0.05) is 38.1 Å². The molecule has 2 N–H and O–H groups in total. The van der Waals surface area contributed by atoms with Crippen LogP contribution in [0.2, 0.25) is 0 Å². The summed E-state index contributed by atoms with van der Waals surface area (Å²) in [5, 5.41) is 10.1. The van der Waals surface area contributed by atoms with E-state index in [0.717, 1.165) is 22.5 Å². The van der Waals surface area contributed by atoms with E-state index < -0.39 is 0 Å². The van der Waals surface area contributed by atoms with Gasteiger partial charge >= 0.3 is 0 Å². The third kappa shape index (κ3) is 4.73. The summed E-state index contributed by atoms with van der Waals surface area (Å²) >= 11 is 0. The van der Waals surface area contributed by atoms with E-state index in [1.54, 1.807) is 23.3 Å². The number of nitrogens with one attached hydrogen (secondary N) is 2. The van der Waals surface area contributed by atoms with Gasteiger partial charge in [0.15, 0.2) is 0 Å². The molecule has 0 bridgehead atoms. The zero-order chi connectivity index (χ0) is 20.1. The number of likely N-dealkylation sites (N-methyl/N-ethyl adjacent to an activating group) is 1. The first-order chi connectivity index (χ1) is 13.5. The lowest BCUT2D eigenvalue weighted by Gasteiger charge is -2.10. The number of benzene rings is 1. The lowest BCUT2D eigenvalue weighted by molar-refractivity contribution is -0.121. The maximum absolute atomic E-state index is 11.7. The molecule has 0 spiro atoms. The minimum absolute atomic E-state index is 0.0733. The normalized spacial score (nSPS) is 10.9. The Balaban J connectivity index is 1.76. The number of nitrogens with zero attached hydrogens (tertiary/aromatic N) is 4. The number of carbonyl (C=O) groups excluding carboxylic acids is 1. The van der Waals surface area contributed by atoms with Crippen LogP contribution in [0, 0.1) is 6.92 Å². The van der Waals surface area contributed by atoms with E-state index >= 15 is 0 Å². The van der Waals surface area contributed by atoms with E-state index in [0.29, 0.717) is 18.4 Å². The molecule has 2 aromatic heterocycles. The topological polar surface area (TPSA) is 84.7 Å². The molecule has 0 radical (unpaired) electrons. The number of hydrogen-bond donors (Lipinski definition) is 2. The molecule has 0 aliphatic carbocycles. The zero-order valence-electron chi connectivity index (χ0n) is 16.7. The standard InChI is InChI=1S/C21H26N6O/c1-5-22-19(28)13-27-12-18(11-24-27)25-21-23-10-15(4)20(26-21)17-8-6-16(7-9-17)14(2)3/h6-12,14H,5,13H2,1-4H3,(H,22,28)(H,23,25,26). The van der Waals surface area contributed by atoms with Gasteiger partial charge in [-0.25, -0.2) is 9.97 Å². The number of aromatic nitrogens is 4. The Morgan fingerprint density at radius 3 is 2.61 bits per heavy atom. The van der Waals surface area contributed by atoms with Gasteiger partial charge in [-0.2, -0.15) is 5.10 Å². The second-order valence-corrected chi connectivity index (χ2v) is 7.01. The molecule has 7 heteroatoms. The molecule has 7 nitrogen and oxygen atoms in total. The van der Waals surface area contributed by atoms with Crippen LogP contribution in [-0.4, -0.2) is 32.2 Å². The SMILES string of the molecule is CCNC(=O)Cn1cc(Nc2ncc(C)c(-c3ccc(C(C)C)cc3)n2)cn1. The first kappa shape index (κ1) is 19.5. The van der Waals surface area contributed by atoms with Gasteiger partial charge < -0.3 is 10.6 Å². The van der Waals surface area contributed by atoms with E-state index in [2.05, 4.69) is 63.8 Å². The molecule has 1 amide bonds. The molecule has 0 aliphatic heterocycles. The van der Waals surface area contributed by atoms with Gasteiger partial charge in [-0.3, -0.25) is 9.48 Å². The molecule has 146 valence electrons. The highest BCUT2D eigenvalue weighted by Crippen LogP contribution is 2.25. The summed E-state index contributed by atoms with van der Waals surface area (Å²) in [6.07, 6.45) is 5.22. The van der Waals surface area contributed by atoms with Crippen molar-refractivity contribution in [1.29, 1.82) is 0 Å². The monoisotopic (exact) mass is 378 g/mol. The van der Waals surface area contributed by atoms with Crippen LogP contribution in [0.15, 0.2) is 42.9 Å². The van der Waals surface area contributed by atoms with Crippen molar-refractivity contribution >= 4 is 17.5 Å². The maximum atomic E-state index is 11.7. The Morgan fingerprint density at radius 1 is 1.18 bits per heavy atom. The number of hydrogen-bond acceptors (Lipinski definition) is 5. The number of amides is 1. The molecule has 0 saturated heterocycles. The lowest BCUT2D eigenvalue weighted by atomic mass is 10.00. The zero-order valence-corrected chi connectivity index (χ0v) is 16.7. The van der Waals surface area contributed by atoms with Crippen molar-refractivity contribution < 1.29 is 4.79 Å². The lowest BCUT2D eigenvalue weighted by Crippen LogP contribution is -2.27. The third-order valence-corrected chi connectivity index (χ3v) is 4.39. The highest BCUT2D eigenvalue weighted by atomic mass is 16.2. The van der Waals surface area contributed by atoms with Crippen LogP contribution < -0.4 is 10.6 Å². The van der Waals surface area contributed by atoms with Gasteiger partial charge in [0, 0.05) is 24.5 Å². The molecule has 3 aromatic rings. The number of rotatable bonds is 7. The van der Waals surface area contributed by atoms with Gasteiger partial charge in [0.25, 0.3) is 0 Å². The van der Waals surface area contributed by atoms with E-state index in [9.17, 15) is 4.79 Å². The van der Waals surface area contributed by atoms with Crippen LogP contribution in [0.5, 0.6) is 0 Å². The number of aryl methyl sites for hydroxylation is 1. The average molecular weight is 378 g/mol. The molecule has 28 heavy (non-hydrogen) atoms. The molecule has 0 unspecified atom stereocenters. The predicted octanol–water partition coefficient (Wildman–Crippen LogP) is 3.65. The van der Waals surface area contributed by atoms with Crippen LogP contribution in [0.3, 0.4) is 0 Å². The van der Waals surface area contributed by atoms with Crippen molar-refractivity contribution in [2.45, 2.75) is 40.2 Å². The highest BCUT2D eigenvalue weighted by Gasteiger charge is 2.09. The van der Waals surface area contributed by atoms with E-state index in [1.807, 2.05) is 13.8 Å². The maximum Gasteiger partial charge on any atom is 0.241 e. The summed E-state index contributed by atoms with van der Waals surface area (Å²) in [5.74, 6) is 0.913. The first-order valence-electron chi connectivity index (χ1n) is 9.46. The van der Waals surface area contributed by atoms with Crippen molar-refractivity contribution in [3.05, 3.63) is 54.0 Å². The summed E-state index contributed by atoms with van der Waals surface area (Å²) in [5.41, 5.74) is 4.99. The molecule has 0 aliphatic rings. The van der Waals surface area contributed by atoms with Gasteiger partial charge in [-0.05, 0) is 30.9 Å². The van der Waals surface area contributed by atoms with Crippen LogP contribution >= 0.6 is 0 Å². The Morgan fingerprint density at radius 2 is 1.93 bits per heavy atom. The fourth-order valence-electron chi connectivity index (χ4n) is 2.86. The molecular formula is C21H26N6O. The third-order valence-electron chi connectivity index (χ3n) is 4.39. The van der Waals surface area contributed by atoms with Crippen molar-refractivity contribution in [2.24, 2.45) is 0 Å². The van der Waals surface area contributed by atoms with Crippen molar-refractivity contribution in [3.63, 3.8) is 0 Å². The first-order valence-corrected chi connectivity index (χ1v) is 9.46. The van der Waals surface area contributed by atoms with Crippen LogP contribution in [0.25, 0.3) is 11.3 Å². The number of anilines is 2. The highest BCUT2D eigenvalue weighted by molar-refractivity contribution is 5.75. The Labute approximate surface area is 165 Å². The molecular weight excluding hydrogens is 352 g/mol. The second-order valence-electron chi connectivity index (χ2n) is 7.01. The van der Waals surface area contributed by atoms with Crippen LogP contribution in [0.1, 0.15) is 37.8 Å². The van der Waals surface area contributed by atoms with Crippen molar-refractivity contribution in [3.8, 4) is 11.3 Å². The second kappa shape index (κ2) is 8.65. The minimum Gasteiger partial charge on any atom is -0.355 e. The Bertz CT molecular complexity index is 946. The molecule has 0 atom stereocenters. The summed E-state index contributed by atoms with van der Waals surface area (Å²) < 4.78 is 1.58. The number of carbonyl (C=O) groups is 1. The van der Waals surface area contributed by atoms with Crippen molar-refractivity contribution in [2.75, 3.05) is 11.9 Å². The van der Waals surface area contributed by atoms with Gasteiger partial charge in [0.05, 0.1) is 17.6 Å².